The van der Waals surface area contributed by atoms with Crippen LogP contribution in [0, 0.1) is 30.2 Å². The molecule has 0 fully saturated rings. The fourth-order valence-corrected chi connectivity index (χ4v) is 6.06. The first-order valence-electron chi connectivity index (χ1n) is 16.3. The number of carbonyl (C=O) groups excluding carboxylic acids is 1. The minimum absolute atomic E-state index is 0. The summed E-state index contributed by atoms with van der Waals surface area (Å²) >= 11 is 1.52. The number of ketones is 1. The second-order valence-corrected chi connectivity index (χ2v) is 13.0. The van der Waals surface area contributed by atoms with Crippen LogP contribution in [0.4, 0.5) is 0 Å². The number of fused-ring (bicyclic) bond motifs is 4. The summed E-state index contributed by atoms with van der Waals surface area (Å²) in [6, 6.07) is 15.1. The maximum Gasteiger partial charge on any atom is 0.216 e. The van der Waals surface area contributed by atoms with E-state index < -0.39 is 11.8 Å². The van der Waals surface area contributed by atoms with Crippen molar-refractivity contribution in [2.24, 2.45) is 17.3 Å². The zero-order valence-corrected chi connectivity index (χ0v) is 30.2. The van der Waals surface area contributed by atoms with Gasteiger partial charge in [-0.25, -0.2) is 4.98 Å². The van der Waals surface area contributed by atoms with E-state index in [-0.39, 0.29) is 43.5 Å². The zero-order chi connectivity index (χ0) is 33.1. The number of aliphatic hydroxyl groups excluding tert-OH is 1. The van der Waals surface area contributed by atoms with Crippen molar-refractivity contribution < 1.29 is 37.2 Å². The maximum atomic E-state index is 11.7. The van der Waals surface area contributed by atoms with Crippen molar-refractivity contribution in [1.29, 1.82) is 0 Å². The second-order valence-electron chi connectivity index (χ2n) is 12.1. The van der Waals surface area contributed by atoms with Crippen molar-refractivity contribution in [2.45, 2.75) is 87.4 Å². The number of hydrogen-bond donors (Lipinski definition) is 1. The van der Waals surface area contributed by atoms with Crippen molar-refractivity contribution in [3.63, 3.8) is 0 Å². The Labute approximate surface area is 282 Å². The quantitative estimate of drug-likeness (QED) is 0.0914. The van der Waals surface area contributed by atoms with E-state index in [9.17, 15) is 9.90 Å². The molecule has 4 aromatic heterocycles. The third kappa shape index (κ3) is 8.24. The predicted molar refractivity (Wildman–Crippen MR) is 181 cm³/mol. The number of rotatable bonds is 9. The molecular formula is C37H45IrN2O3S-. The third-order valence-electron chi connectivity index (χ3n) is 7.70. The van der Waals surface area contributed by atoms with E-state index in [1.54, 1.807) is 0 Å². The molecule has 5 nitrogen and oxygen atoms in total. The van der Waals surface area contributed by atoms with Gasteiger partial charge in [-0.05, 0) is 79.2 Å². The fourth-order valence-electron chi connectivity index (χ4n) is 5.23. The molecule has 1 radical (unpaired) electrons. The van der Waals surface area contributed by atoms with Gasteiger partial charge in [-0.1, -0.05) is 65.5 Å². The number of furan rings is 1. The van der Waals surface area contributed by atoms with Gasteiger partial charge in [-0.3, -0.25) is 9.78 Å². The van der Waals surface area contributed by atoms with E-state index >= 15 is 0 Å². The number of allylic oxidation sites excluding steroid dienone is 2. The summed E-state index contributed by atoms with van der Waals surface area (Å²) in [5.41, 5.74) is 4.47. The molecule has 0 atom stereocenters. The zero-order valence-electron chi connectivity index (χ0n) is 29.0. The van der Waals surface area contributed by atoms with E-state index in [4.69, 9.17) is 12.1 Å². The van der Waals surface area contributed by atoms with Crippen molar-refractivity contribution in [2.75, 3.05) is 0 Å². The molecule has 0 unspecified atom stereocenters. The van der Waals surface area contributed by atoms with Gasteiger partial charge in [0.25, 0.3) is 0 Å². The van der Waals surface area contributed by atoms with E-state index in [0.717, 1.165) is 52.4 Å². The number of benzene rings is 1. The van der Waals surface area contributed by atoms with Crippen LogP contribution in [0.1, 0.15) is 88.1 Å². The van der Waals surface area contributed by atoms with Crippen molar-refractivity contribution in [1.82, 2.24) is 9.97 Å². The Hall–Kier alpha value is -2.86. The molecule has 0 amide bonds. The van der Waals surface area contributed by atoms with Gasteiger partial charge in [0.15, 0.2) is 5.78 Å². The molecule has 0 bridgehead atoms. The van der Waals surface area contributed by atoms with Crippen LogP contribution in [-0.2, 0) is 31.3 Å². The SMILES string of the molecule is CCC(CC)C(=O)/C=C(\O)C(CC)CC.[2H]C([2H])(c1csc2ccc(-c3[c-]ccc4c3oc3nc(C)ccc34)nc12)C(C)(C)C.[Ir]. The summed E-state index contributed by atoms with van der Waals surface area (Å²) in [6.07, 6.45) is 3.40. The van der Waals surface area contributed by atoms with Crippen LogP contribution in [0.25, 0.3) is 43.5 Å². The number of nitrogens with zero attached hydrogens (tertiary/aromatic N) is 2. The van der Waals surface area contributed by atoms with Crippen molar-refractivity contribution in [3.8, 4) is 11.3 Å². The predicted octanol–water partition coefficient (Wildman–Crippen LogP) is 10.8. The van der Waals surface area contributed by atoms with Crippen LogP contribution in [0.3, 0.4) is 0 Å². The molecule has 1 aromatic carbocycles. The molecule has 0 aliphatic carbocycles. The minimum atomic E-state index is -1.51. The van der Waals surface area contributed by atoms with Crippen LogP contribution >= 0.6 is 11.3 Å². The van der Waals surface area contributed by atoms with Gasteiger partial charge in [-0.2, -0.15) is 0 Å². The van der Waals surface area contributed by atoms with E-state index in [1.807, 2.05) is 97.2 Å². The molecule has 5 rings (SSSR count). The Kier molecular flexibility index (Phi) is 11.4. The minimum Gasteiger partial charge on any atom is -0.512 e. The Morgan fingerprint density at radius 2 is 1.70 bits per heavy atom. The molecule has 0 aliphatic heterocycles. The van der Waals surface area contributed by atoms with Gasteiger partial charge in [-0.15, -0.1) is 29.5 Å². The number of aryl methyl sites for hydroxylation is 1. The monoisotopic (exact) mass is 792 g/mol. The van der Waals surface area contributed by atoms with Crippen molar-refractivity contribution in [3.05, 3.63) is 70.9 Å². The molecule has 0 aliphatic rings. The summed E-state index contributed by atoms with van der Waals surface area (Å²) in [6.45, 7) is 15.8. The molecule has 5 aromatic rings. The van der Waals surface area contributed by atoms with Crippen LogP contribution < -0.4 is 0 Å². The number of carbonyl (C=O) groups is 1. The molecule has 0 saturated carbocycles. The molecule has 4 heterocycles. The normalized spacial score (nSPS) is 13.2. The van der Waals surface area contributed by atoms with Crippen LogP contribution in [0.2, 0.25) is 0 Å². The van der Waals surface area contributed by atoms with Gasteiger partial charge < -0.3 is 9.52 Å². The summed E-state index contributed by atoms with van der Waals surface area (Å²) in [7, 11) is 0. The molecule has 44 heavy (non-hydrogen) atoms. The summed E-state index contributed by atoms with van der Waals surface area (Å²) < 4.78 is 24.5. The smallest absolute Gasteiger partial charge is 0.216 e. The Bertz CT molecular complexity index is 1830. The van der Waals surface area contributed by atoms with Gasteiger partial charge in [0, 0.05) is 51.8 Å². The number of hydrogen-bond acceptors (Lipinski definition) is 6. The van der Waals surface area contributed by atoms with Gasteiger partial charge in [0.1, 0.15) is 0 Å². The summed E-state index contributed by atoms with van der Waals surface area (Å²) in [4.78, 5) is 21.1. The average Bonchev–Trinajstić information content (AvgIpc) is 3.59. The standard InChI is InChI=1S/C24H21N2OS.C13H24O2.Ir/c1-14-8-9-17-16-6-5-7-18(22(16)27-23(17)25-14)19-10-11-20-21(26-19)15(13-28-20)12-24(2,3)4;1-5-10(6-2)12(14)9-13(15)11(7-3)8-4;/h5-6,8-11,13H,12H2,1-4H3;9-11,14H,5-8H2,1-4H3;/q-1;;/b;12-9-;/i12D2;;. The van der Waals surface area contributed by atoms with E-state index in [0.29, 0.717) is 28.1 Å². The molecule has 237 valence electrons. The van der Waals surface area contributed by atoms with Crippen LogP contribution in [0.15, 0.2) is 58.0 Å². The first kappa shape index (κ1) is 32.5. The molecule has 1 N–H and O–H groups in total. The van der Waals surface area contributed by atoms with Gasteiger partial charge >= 0.3 is 0 Å². The first-order chi connectivity index (χ1) is 21.3. The Morgan fingerprint density at radius 3 is 2.34 bits per heavy atom. The van der Waals surface area contributed by atoms with Crippen molar-refractivity contribution >= 4 is 49.4 Å². The molecule has 0 spiro atoms. The maximum absolute atomic E-state index is 11.7. The molecule has 0 saturated heterocycles. The second kappa shape index (κ2) is 15.4. The summed E-state index contributed by atoms with van der Waals surface area (Å²) in [5, 5.41) is 13.6. The summed E-state index contributed by atoms with van der Waals surface area (Å²) in [5.74, 6) is 0.547. The van der Waals surface area contributed by atoms with Crippen LogP contribution in [0.5, 0.6) is 0 Å². The topological polar surface area (TPSA) is 76.2 Å². The average molecular weight is 792 g/mol. The van der Waals surface area contributed by atoms with E-state index in [1.165, 1.54) is 17.4 Å². The van der Waals surface area contributed by atoms with Gasteiger partial charge in [0.05, 0.1) is 21.6 Å². The van der Waals surface area contributed by atoms with Crippen LogP contribution in [-0.4, -0.2) is 20.9 Å². The number of thiophene rings is 1. The van der Waals surface area contributed by atoms with Gasteiger partial charge in [0.2, 0.25) is 5.71 Å². The third-order valence-corrected chi connectivity index (χ3v) is 8.64. The molecule has 7 heteroatoms. The molecular weight excluding hydrogens is 745 g/mol. The Balaban J connectivity index is 0.000000309. The fraction of sp³-hybridized carbons (Fsp3) is 0.432. The van der Waals surface area contributed by atoms with E-state index in [2.05, 4.69) is 11.1 Å². The largest absolute Gasteiger partial charge is 0.512 e. The number of aliphatic hydroxyl groups is 1. The number of pyridine rings is 2. The first-order valence-corrected chi connectivity index (χ1v) is 16.2. The Morgan fingerprint density at radius 1 is 1.02 bits per heavy atom. The number of aromatic nitrogens is 2.